The highest BCUT2D eigenvalue weighted by atomic mass is 79.9. The van der Waals surface area contributed by atoms with E-state index in [1.54, 1.807) is 19.2 Å². The molecule has 2 N–H and O–H groups in total. The Kier molecular flexibility index (Phi) is 4.08. The largest absolute Gasteiger partial charge is 0.380 e. The van der Waals surface area contributed by atoms with Gasteiger partial charge in [0.15, 0.2) is 0 Å². The SMILES string of the molecule is CO[C@H]1C[C@@H](C(N)=O)N(c2ccc(C#N)cc2Br)C1. The van der Waals surface area contributed by atoms with Crippen molar-refractivity contribution < 1.29 is 9.53 Å². The van der Waals surface area contributed by atoms with E-state index in [4.69, 9.17) is 15.7 Å². The molecule has 1 amide bonds. The van der Waals surface area contributed by atoms with Crippen molar-refractivity contribution in [2.75, 3.05) is 18.6 Å². The van der Waals surface area contributed by atoms with E-state index < -0.39 is 0 Å². The van der Waals surface area contributed by atoms with E-state index in [2.05, 4.69) is 22.0 Å². The van der Waals surface area contributed by atoms with Crippen molar-refractivity contribution in [2.24, 2.45) is 5.73 Å². The molecule has 0 aliphatic carbocycles. The zero-order valence-corrected chi connectivity index (χ0v) is 12.1. The number of hydrogen-bond acceptors (Lipinski definition) is 4. The second kappa shape index (κ2) is 5.59. The first-order valence-electron chi connectivity index (χ1n) is 5.85. The number of amides is 1. The molecule has 1 aliphatic rings. The van der Waals surface area contributed by atoms with Crippen molar-refractivity contribution in [3.8, 4) is 6.07 Å². The van der Waals surface area contributed by atoms with Crippen molar-refractivity contribution in [2.45, 2.75) is 18.6 Å². The van der Waals surface area contributed by atoms with Gasteiger partial charge in [-0.05, 0) is 34.1 Å². The molecule has 0 radical (unpaired) electrons. The molecule has 0 unspecified atom stereocenters. The number of carbonyl (C=O) groups is 1. The number of hydrogen-bond donors (Lipinski definition) is 1. The summed E-state index contributed by atoms with van der Waals surface area (Å²) in [5.74, 6) is -0.365. The van der Waals surface area contributed by atoms with Crippen molar-refractivity contribution in [3.05, 3.63) is 28.2 Å². The van der Waals surface area contributed by atoms with Crippen LogP contribution in [0.3, 0.4) is 0 Å². The van der Waals surface area contributed by atoms with Crippen LogP contribution in [0.1, 0.15) is 12.0 Å². The number of primary amides is 1. The summed E-state index contributed by atoms with van der Waals surface area (Å²) in [6.07, 6.45) is 0.568. The molecule has 1 aromatic rings. The average Bonchev–Trinajstić information content (AvgIpc) is 2.82. The number of methoxy groups -OCH3 is 1. The fraction of sp³-hybridized carbons (Fsp3) is 0.385. The number of halogens is 1. The number of benzene rings is 1. The van der Waals surface area contributed by atoms with Crippen LogP contribution in [-0.4, -0.2) is 31.7 Å². The van der Waals surface area contributed by atoms with Gasteiger partial charge in [0.05, 0.1) is 23.4 Å². The zero-order valence-electron chi connectivity index (χ0n) is 10.5. The number of nitriles is 1. The molecule has 19 heavy (non-hydrogen) atoms. The van der Waals surface area contributed by atoms with Gasteiger partial charge in [0.2, 0.25) is 5.91 Å². The molecule has 0 aromatic heterocycles. The van der Waals surface area contributed by atoms with E-state index in [1.807, 2.05) is 11.0 Å². The Hall–Kier alpha value is -1.58. The lowest BCUT2D eigenvalue weighted by Crippen LogP contribution is -2.40. The lowest BCUT2D eigenvalue weighted by atomic mass is 10.1. The Bertz CT molecular complexity index is 541. The third-order valence-corrected chi connectivity index (χ3v) is 3.95. The number of nitrogens with zero attached hydrogens (tertiary/aromatic N) is 2. The standard InChI is InChI=1S/C13H14BrN3O2/c1-19-9-5-12(13(16)18)17(7-9)11-3-2-8(6-15)4-10(11)14/h2-4,9,12H,5,7H2,1H3,(H2,16,18)/t9-,12-/m0/s1. The normalized spacial score (nSPS) is 22.3. The number of rotatable bonds is 3. The molecule has 100 valence electrons. The summed E-state index contributed by atoms with van der Waals surface area (Å²) in [5.41, 5.74) is 6.86. The van der Waals surface area contributed by atoms with Gasteiger partial charge in [-0.2, -0.15) is 5.26 Å². The van der Waals surface area contributed by atoms with Crippen molar-refractivity contribution in [1.82, 2.24) is 0 Å². The van der Waals surface area contributed by atoms with Gasteiger partial charge in [-0.1, -0.05) is 0 Å². The predicted molar refractivity (Wildman–Crippen MR) is 74.6 cm³/mol. The summed E-state index contributed by atoms with van der Waals surface area (Å²) in [5, 5.41) is 8.86. The maximum atomic E-state index is 11.5. The van der Waals surface area contributed by atoms with Gasteiger partial charge in [-0.25, -0.2) is 0 Å². The molecular formula is C13H14BrN3O2. The van der Waals surface area contributed by atoms with E-state index in [0.29, 0.717) is 18.5 Å². The fourth-order valence-electron chi connectivity index (χ4n) is 2.31. The molecule has 5 nitrogen and oxygen atoms in total. The third-order valence-electron chi connectivity index (χ3n) is 3.31. The summed E-state index contributed by atoms with van der Waals surface area (Å²) < 4.78 is 6.08. The van der Waals surface area contributed by atoms with Crippen LogP contribution < -0.4 is 10.6 Å². The third kappa shape index (κ3) is 2.72. The van der Waals surface area contributed by atoms with Gasteiger partial charge in [0, 0.05) is 24.5 Å². The van der Waals surface area contributed by atoms with Crippen LogP contribution in [-0.2, 0) is 9.53 Å². The Morgan fingerprint density at radius 2 is 2.37 bits per heavy atom. The number of anilines is 1. The smallest absolute Gasteiger partial charge is 0.240 e. The summed E-state index contributed by atoms with van der Waals surface area (Å²) in [7, 11) is 1.63. The zero-order chi connectivity index (χ0) is 14.0. The molecule has 6 heteroatoms. The van der Waals surface area contributed by atoms with Gasteiger partial charge < -0.3 is 15.4 Å². The Labute approximate surface area is 120 Å². The minimum absolute atomic E-state index is 0.0138. The van der Waals surface area contributed by atoms with E-state index in [0.717, 1.165) is 10.2 Å². The van der Waals surface area contributed by atoms with Crippen LogP contribution in [0.5, 0.6) is 0 Å². The quantitative estimate of drug-likeness (QED) is 0.911. The predicted octanol–water partition coefficient (Wildman–Crippen LogP) is 1.40. The van der Waals surface area contributed by atoms with Crippen LogP contribution in [0, 0.1) is 11.3 Å². The van der Waals surface area contributed by atoms with Crippen molar-refractivity contribution in [3.63, 3.8) is 0 Å². The lowest BCUT2D eigenvalue weighted by Gasteiger charge is -2.25. The first-order valence-corrected chi connectivity index (χ1v) is 6.64. The Morgan fingerprint density at radius 3 is 2.89 bits per heavy atom. The molecule has 0 bridgehead atoms. The minimum Gasteiger partial charge on any atom is -0.380 e. The summed E-state index contributed by atoms with van der Waals surface area (Å²) in [6.45, 7) is 0.606. The maximum Gasteiger partial charge on any atom is 0.240 e. The first-order chi connectivity index (χ1) is 9.06. The molecule has 0 saturated carbocycles. The highest BCUT2D eigenvalue weighted by molar-refractivity contribution is 9.10. The monoisotopic (exact) mass is 323 g/mol. The number of ether oxygens (including phenoxy) is 1. The van der Waals surface area contributed by atoms with Crippen LogP contribution in [0.25, 0.3) is 0 Å². The molecule has 2 atom stereocenters. The maximum absolute atomic E-state index is 11.5. The molecule has 1 aliphatic heterocycles. The van der Waals surface area contributed by atoms with E-state index in [1.165, 1.54) is 0 Å². The average molecular weight is 324 g/mol. The summed E-state index contributed by atoms with van der Waals surface area (Å²) >= 11 is 3.43. The highest BCUT2D eigenvalue weighted by Crippen LogP contribution is 2.33. The molecule has 1 fully saturated rings. The molecule has 2 rings (SSSR count). The Morgan fingerprint density at radius 1 is 1.63 bits per heavy atom. The van der Waals surface area contributed by atoms with Crippen LogP contribution >= 0.6 is 15.9 Å². The van der Waals surface area contributed by atoms with Crippen molar-refractivity contribution >= 4 is 27.5 Å². The van der Waals surface area contributed by atoms with Crippen LogP contribution in [0.2, 0.25) is 0 Å². The molecular weight excluding hydrogens is 310 g/mol. The second-order valence-electron chi connectivity index (χ2n) is 4.44. The summed E-state index contributed by atoms with van der Waals surface area (Å²) in [6, 6.07) is 6.96. The number of nitrogens with two attached hydrogens (primary N) is 1. The molecule has 1 heterocycles. The van der Waals surface area contributed by atoms with E-state index in [9.17, 15) is 4.79 Å². The minimum atomic E-state index is -0.380. The topological polar surface area (TPSA) is 79.3 Å². The highest BCUT2D eigenvalue weighted by Gasteiger charge is 2.36. The Balaban J connectivity index is 2.34. The first kappa shape index (κ1) is 13.8. The number of carbonyl (C=O) groups excluding carboxylic acids is 1. The molecule has 1 saturated heterocycles. The summed E-state index contributed by atoms with van der Waals surface area (Å²) in [4.78, 5) is 13.5. The van der Waals surface area contributed by atoms with E-state index in [-0.39, 0.29) is 18.1 Å². The van der Waals surface area contributed by atoms with Crippen LogP contribution in [0.4, 0.5) is 5.69 Å². The van der Waals surface area contributed by atoms with Gasteiger partial charge in [-0.3, -0.25) is 4.79 Å². The van der Waals surface area contributed by atoms with Crippen LogP contribution in [0.15, 0.2) is 22.7 Å². The fourth-order valence-corrected chi connectivity index (χ4v) is 2.92. The van der Waals surface area contributed by atoms with Gasteiger partial charge in [-0.15, -0.1) is 0 Å². The van der Waals surface area contributed by atoms with Gasteiger partial charge in [0.25, 0.3) is 0 Å². The molecule has 1 aromatic carbocycles. The molecule has 0 spiro atoms. The second-order valence-corrected chi connectivity index (χ2v) is 5.30. The lowest BCUT2D eigenvalue weighted by molar-refractivity contribution is -0.119. The van der Waals surface area contributed by atoms with E-state index >= 15 is 0 Å². The van der Waals surface area contributed by atoms with Gasteiger partial charge in [0.1, 0.15) is 6.04 Å². The van der Waals surface area contributed by atoms with Crippen molar-refractivity contribution in [1.29, 1.82) is 5.26 Å². The van der Waals surface area contributed by atoms with Gasteiger partial charge >= 0.3 is 0 Å².